The predicted molar refractivity (Wildman–Crippen MR) is 50.3 cm³/mol. The van der Waals surface area contributed by atoms with Gasteiger partial charge in [0.25, 0.3) is 0 Å². The van der Waals surface area contributed by atoms with Crippen molar-refractivity contribution in [3.05, 3.63) is 29.8 Å². The minimum atomic E-state index is -4.30. The van der Waals surface area contributed by atoms with Gasteiger partial charge in [-0.15, -0.1) is 0 Å². The van der Waals surface area contributed by atoms with Crippen LogP contribution in [0.3, 0.4) is 0 Å². The highest BCUT2D eigenvalue weighted by molar-refractivity contribution is 5.48. The van der Waals surface area contributed by atoms with E-state index in [9.17, 15) is 13.2 Å². The molecule has 0 saturated carbocycles. The molecular weight excluding hydrogens is 191 g/mol. The molecule has 1 aromatic rings. The average molecular weight is 203 g/mol. The van der Waals surface area contributed by atoms with E-state index in [2.05, 4.69) is 0 Å². The lowest BCUT2D eigenvalue weighted by Crippen LogP contribution is -2.37. The van der Waals surface area contributed by atoms with Crippen LogP contribution in [0.2, 0.25) is 0 Å². The number of hydrogen-bond acceptors (Lipinski definition) is 1. The third-order valence-electron chi connectivity index (χ3n) is 1.97. The summed E-state index contributed by atoms with van der Waals surface area (Å²) < 4.78 is 37.3. The molecule has 1 aromatic carbocycles. The van der Waals surface area contributed by atoms with Crippen LogP contribution in [0.4, 0.5) is 18.9 Å². The molecule has 0 N–H and O–H groups in total. The van der Waals surface area contributed by atoms with E-state index < -0.39 is 6.30 Å². The van der Waals surface area contributed by atoms with Crippen LogP contribution in [0.5, 0.6) is 0 Å². The minimum Gasteiger partial charge on any atom is -0.284 e. The second kappa shape index (κ2) is 3.90. The smallest absolute Gasteiger partial charge is 0.284 e. The summed E-state index contributed by atoms with van der Waals surface area (Å²) in [6.45, 7) is 3.24. The molecule has 0 spiro atoms. The number of hydrogen-bond donors (Lipinski definition) is 0. The lowest BCUT2D eigenvalue weighted by atomic mass is 10.2. The Bertz CT molecular complexity index is 289. The summed E-state index contributed by atoms with van der Waals surface area (Å²) in [4.78, 5) is 0.409. The summed E-state index contributed by atoms with van der Waals surface area (Å²) >= 11 is 0. The van der Waals surface area contributed by atoms with Gasteiger partial charge in [0.2, 0.25) is 0 Å². The maximum Gasteiger partial charge on any atom is 0.484 e. The van der Waals surface area contributed by atoms with Crippen molar-refractivity contribution in [1.82, 2.24) is 0 Å². The van der Waals surface area contributed by atoms with Gasteiger partial charge in [-0.2, -0.15) is 13.2 Å². The molecule has 0 atom stereocenters. The van der Waals surface area contributed by atoms with Gasteiger partial charge in [-0.25, -0.2) is 0 Å². The summed E-state index contributed by atoms with van der Waals surface area (Å²) in [7, 11) is 0. The molecule has 0 fully saturated rings. The van der Waals surface area contributed by atoms with E-state index in [0.717, 1.165) is 5.56 Å². The van der Waals surface area contributed by atoms with Gasteiger partial charge < -0.3 is 0 Å². The number of aryl methyl sites for hydroxylation is 1. The van der Waals surface area contributed by atoms with Gasteiger partial charge in [-0.3, -0.25) is 4.90 Å². The fraction of sp³-hybridized carbons (Fsp3) is 0.400. The molecule has 0 unspecified atom stereocenters. The first kappa shape index (κ1) is 10.9. The highest BCUT2D eigenvalue weighted by Gasteiger charge is 2.36. The molecule has 0 amide bonds. The van der Waals surface area contributed by atoms with Crippen molar-refractivity contribution in [2.45, 2.75) is 20.1 Å². The monoisotopic (exact) mass is 203 g/mol. The Hall–Kier alpha value is -1.19. The van der Waals surface area contributed by atoms with Gasteiger partial charge in [0, 0.05) is 12.2 Å². The molecule has 0 bridgehead atoms. The Morgan fingerprint density at radius 1 is 1.14 bits per heavy atom. The van der Waals surface area contributed by atoms with Crippen LogP contribution >= 0.6 is 0 Å². The van der Waals surface area contributed by atoms with Gasteiger partial charge in [-0.1, -0.05) is 17.7 Å². The zero-order chi connectivity index (χ0) is 10.8. The van der Waals surface area contributed by atoms with Gasteiger partial charge >= 0.3 is 6.30 Å². The van der Waals surface area contributed by atoms with Gasteiger partial charge in [0.05, 0.1) is 0 Å². The number of rotatable bonds is 2. The molecule has 0 saturated heterocycles. The van der Waals surface area contributed by atoms with Crippen LogP contribution in [0.15, 0.2) is 24.3 Å². The predicted octanol–water partition coefficient (Wildman–Crippen LogP) is 3.34. The third-order valence-corrected chi connectivity index (χ3v) is 1.97. The normalized spacial score (nSPS) is 11.5. The topological polar surface area (TPSA) is 3.24 Å². The Morgan fingerprint density at radius 3 is 2.00 bits per heavy atom. The molecule has 0 aliphatic heterocycles. The molecule has 0 radical (unpaired) electrons. The summed E-state index contributed by atoms with van der Waals surface area (Å²) in [5.74, 6) is 0. The minimum absolute atomic E-state index is 0.0768. The van der Waals surface area contributed by atoms with Crippen LogP contribution in [0.25, 0.3) is 0 Å². The van der Waals surface area contributed by atoms with Crippen molar-refractivity contribution < 1.29 is 13.2 Å². The van der Waals surface area contributed by atoms with Gasteiger partial charge in [-0.05, 0) is 26.0 Å². The maximum atomic E-state index is 12.4. The second-order valence-corrected chi connectivity index (χ2v) is 3.05. The zero-order valence-corrected chi connectivity index (χ0v) is 8.10. The van der Waals surface area contributed by atoms with Crippen molar-refractivity contribution in [2.24, 2.45) is 0 Å². The first-order valence-corrected chi connectivity index (χ1v) is 4.36. The van der Waals surface area contributed by atoms with Crippen LogP contribution in [-0.4, -0.2) is 12.8 Å². The third kappa shape index (κ3) is 2.40. The quantitative estimate of drug-likeness (QED) is 0.666. The van der Waals surface area contributed by atoms with Crippen LogP contribution in [0, 0.1) is 6.92 Å². The molecule has 0 aliphatic carbocycles. The van der Waals surface area contributed by atoms with Crippen LogP contribution in [0.1, 0.15) is 12.5 Å². The van der Waals surface area contributed by atoms with Crippen molar-refractivity contribution in [2.75, 3.05) is 11.4 Å². The standard InChI is InChI=1S/C10H12F3N/c1-3-14(10(11,12)13)9-6-4-8(2)5-7-9/h4-7H,3H2,1-2H3. The van der Waals surface area contributed by atoms with E-state index in [1.54, 1.807) is 12.1 Å². The summed E-state index contributed by atoms with van der Waals surface area (Å²) in [6.07, 6.45) is -4.30. The average Bonchev–Trinajstić information content (AvgIpc) is 2.07. The molecule has 0 aromatic heterocycles. The SMILES string of the molecule is CCN(c1ccc(C)cc1)C(F)(F)F. The Labute approximate surface area is 81.1 Å². The lowest BCUT2D eigenvalue weighted by Gasteiger charge is -2.25. The van der Waals surface area contributed by atoms with E-state index in [0.29, 0.717) is 4.90 Å². The van der Waals surface area contributed by atoms with Crippen molar-refractivity contribution >= 4 is 5.69 Å². The largest absolute Gasteiger partial charge is 0.484 e. The number of alkyl halides is 3. The zero-order valence-electron chi connectivity index (χ0n) is 8.10. The van der Waals surface area contributed by atoms with E-state index in [4.69, 9.17) is 0 Å². The van der Waals surface area contributed by atoms with E-state index in [1.165, 1.54) is 19.1 Å². The van der Waals surface area contributed by atoms with E-state index in [1.807, 2.05) is 6.92 Å². The van der Waals surface area contributed by atoms with Crippen molar-refractivity contribution in [1.29, 1.82) is 0 Å². The molecule has 0 heterocycles. The summed E-state index contributed by atoms with van der Waals surface area (Å²) in [5.41, 5.74) is 1.14. The molecule has 78 valence electrons. The maximum absolute atomic E-state index is 12.4. The first-order valence-electron chi connectivity index (χ1n) is 4.36. The number of anilines is 1. The molecule has 1 nitrogen and oxygen atoms in total. The number of benzene rings is 1. The number of nitrogens with zero attached hydrogens (tertiary/aromatic N) is 1. The lowest BCUT2D eigenvalue weighted by molar-refractivity contribution is -0.128. The Morgan fingerprint density at radius 2 is 1.64 bits per heavy atom. The summed E-state index contributed by atoms with van der Waals surface area (Å²) in [5, 5.41) is 0. The van der Waals surface area contributed by atoms with Crippen LogP contribution < -0.4 is 4.90 Å². The molecule has 14 heavy (non-hydrogen) atoms. The molecule has 0 aliphatic rings. The fourth-order valence-corrected chi connectivity index (χ4v) is 1.23. The van der Waals surface area contributed by atoms with E-state index >= 15 is 0 Å². The first-order chi connectivity index (χ1) is 6.45. The highest BCUT2D eigenvalue weighted by Crippen LogP contribution is 2.27. The number of halogens is 3. The fourth-order valence-electron chi connectivity index (χ4n) is 1.23. The Kier molecular flexibility index (Phi) is 3.03. The molecule has 4 heteroatoms. The highest BCUT2D eigenvalue weighted by atomic mass is 19.4. The summed E-state index contributed by atoms with van der Waals surface area (Å²) in [6, 6.07) is 6.30. The van der Waals surface area contributed by atoms with Crippen molar-refractivity contribution in [3.63, 3.8) is 0 Å². The van der Waals surface area contributed by atoms with Crippen LogP contribution in [-0.2, 0) is 0 Å². The van der Waals surface area contributed by atoms with Gasteiger partial charge in [0.15, 0.2) is 0 Å². The van der Waals surface area contributed by atoms with Gasteiger partial charge in [0.1, 0.15) is 0 Å². The molecule has 1 rings (SSSR count). The Balaban J connectivity index is 2.96. The molecular formula is C10H12F3N. The van der Waals surface area contributed by atoms with Crippen molar-refractivity contribution in [3.8, 4) is 0 Å². The van der Waals surface area contributed by atoms with E-state index in [-0.39, 0.29) is 12.2 Å². The second-order valence-electron chi connectivity index (χ2n) is 3.05.